The first kappa shape index (κ1) is 16.9. The van der Waals surface area contributed by atoms with Gasteiger partial charge in [-0.2, -0.15) is 0 Å². The lowest BCUT2D eigenvalue weighted by Gasteiger charge is -2.28. The van der Waals surface area contributed by atoms with E-state index in [9.17, 15) is 8.42 Å². The molecule has 26 heavy (non-hydrogen) atoms. The highest BCUT2D eigenvalue weighted by Crippen LogP contribution is 2.33. The first-order valence-electron chi connectivity index (χ1n) is 8.43. The number of hydrogen-bond donors (Lipinski definition) is 1. The second-order valence-corrected chi connectivity index (χ2v) is 7.86. The minimum atomic E-state index is -3.82. The van der Waals surface area contributed by atoms with Gasteiger partial charge in [-0.3, -0.25) is 4.98 Å². The lowest BCUT2D eigenvalue weighted by molar-refractivity contribution is 0.402. The number of para-hydroxylation sites is 1. The number of methoxy groups -OCH3 is 1. The van der Waals surface area contributed by atoms with Crippen molar-refractivity contribution in [3.8, 4) is 5.75 Å². The van der Waals surface area contributed by atoms with Crippen LogP contribution in [0.4, 0.5) is 5.69 Å². The number of fused-ring (bicyclic) bond motifs is 1. The number of anilines is 1. The number of nitrogens with zero attached hydrogens (tertiary/aromatic N) is 3. The van der Waals surface area contributed by atoms with Crippen LogP contribution in [-0.2, 0) is 10.0 Å². The molecule has 7 nitrogen and oxygen atoms in total. The number of piperazine rings is 1. The number of ether oxygens (including phenoxy) is 1. The zero-order valence-corrected chi connectivity index (χ0v) is 15.2. The van der Waals surface area contributed by atoms with Crippen LogP contribution in [0.2, 0.25) is 0 Å². The second-order valence-electron chi connectivity index (χ2n) is 6.07. The van der Waals surface area contributed by atoms with Crippen LogP contribution in [0, 0.1) is 0 Å². The van der Waals surface area contributed by atoms with E-state index in [2.05, 4.69) is 15.2 Å². The maximum absolute atomic E-state index is 13.3. The highest BCUT2D eigenvalue weighted by Gasteiger charge is 2.26. The van der Waals surface area contributed by atoms with E-state index >= 15 is 0 Å². The quantitative estimate of drug-likeness (QED) is 0.751. The van der Waals surface area contributed by atoms with Crippen molar-refractivity contribution < 1.29 is 13.2 Å². The molecule has 3 heterocycles. The van der Waals surface area contributed by atoms with Crippen molar-refractivity contribution in [1.29, 1.82) is 0 Å². The van der Waals surface area contributed by atoms with E-state index in [1.807, 2.05) is 0 Å². The normalized spacial score (nSPS) is 15.3. The number of nitrogens with one attached hydrogen (secondary N) is 1. The zero-order chi connectivity index (χ0) is 18.1. The Bertz CT molecular complexity index is 1040. The van der Waals surface area contributed by atoms with Crippen molar-refractivity contribution in [1.82, 2.24) is 14.3 Å². The zero-order valence-electron chi connectivity index (χ0n) is 14.4. The van der Waals surface area contributed by atoms with Crippen LogP contribution in [0.25, 0.3) is 11.0 Å². The minimum Gasteiger partial charge on any atom is -0.495 e. The molecular weight excluding hydrogens is 352 g/mol. The summed E-state index contributed by atoms with van der Waals surface area (Å²) in [6.45, 7) is 3.34. The van der Waals surface area contributed by atoms with Crippen molar-refractivity contribution >= 4 is 26.7 Å². The number of benzene rings is 1. The van der Waals surface area contributed by atoms with Crippen LogP contribution in [0.5, 0.6) is 5.75 Å². The molecule has 1 aliphatic heterocycles. The molecule has 0 unspecified atom stereocenters. The molecule has 0 saturated carbocycles. The first-order valence-corrected chi connectivity index (χ1v) is 9.87. The average molecular weight is 372 g/mol. The Morgan fingerprint density at radius 1 is 1.12 bits per heavy atom. The molecule has 1 fully saturated rings. The van der Waals surface area contributed by atoms with Gasteiger partial charge < -0.3 is 15.0 Å². The molecule has 3 aromatic rings. The van der Waals surface area contributed by atoms with Crippen molar-refractivity contribution in [2.75, 3.05) is 38.2 Å². The Hall–Kier alpha value is -2.58. The first-order chi connectivity index (χ1) is 12.6. The molecule has 1 aromatic carbocycles. The number of rotatable bonds is 4. The highest BCUT2D eigenvalue weighted by molar-refractivity contribution is 7.90. The Morgan fingerprint density at radius 2 is 1.88 bits per heavy atom. The SMILES string of the molecule is COc1ccccc1S(=O)(=O)n1cc(N2CCNCC2)c2ncccc21. The molecule has 0 amide bonds. The standard InChI is InChI=1S/C18H20N4O3S/c1-25-16-6-2-3-7-17(16)26(23,24)22-13-15(21-11-9-19-10-12-21)18-14(22)5-4-8-20-18/h2-8,13,19H,9-12H2,1H3. The lowest BCUT2D eigenvalue weighted by atomic mass is 10.3. The third-order valence-electron chi connectivity index (χ3n) is 4.57. The van der Waals surface area contributed by atoms with Gasteiger partial charge in [-0.1, -0.05) is 12.1 Å². The molecule has 1 aliphatic rings. The lowest BCUT2D eigenvalue weighted by Crippen LogP contribution is -2.43. The Kier molecular flexibility index (Phi) is 4.29. The van der Waals surface area contributed by atoms with Gasteiger partial charge in [-0.05, 0) is 24.3 Å². The van der Waals surface area contributed by atoms with E-state index in [-0.39, 0.29) is 4.90 Å². The van der Waals surface area contributed by atoms with Crippen LogP contribution in [0.15, 0.2) is 53.7 Å². The summed E-state index contributed by atoms with van der Waals surface area (Å²) < 4.78 is 33.3. The summed E-state index contributed by atoms with van der Waals surface area (Å²) in [7, 11) is -2.35. The van der Waals surface area contributed by atoms with E-state index in [0.717, 1.165) is 31.9 Å². The molecule has 1 N–H and O–H groups in total. The van der Waals surface area contributed by atoms with Crippen molar-refractivity contribution in [3.05, 3.63) is 48.8 Å². The molecule has 8 heteroatoms. The monoisotopic (exact) mass is 372 g/mol. The number of pyridine rings is 1. The van der Waals surface area contributed by atoms with Gasteiger partial charge in [0, 0.05) is 38.6 Å². The van der Waals surface area contributed by atoms with E-state index in [1.54, 1.807) is 48.8 Å². The fourth-order valence-corrected chi connectivity index (χ4v) is 4.80. The third-order valence-corrected chi connectivity index (χ3v) is 6.28. The molecule has 0 spiro atoms. The molecule has 4 rings (SSSR count). The fourth-order valence-electron chi connectivity index (χ4n) is 3.29. The smallest absolute Gasteiger partial charge is 0.271 e. The summed E-state index contributed by atoms with van der Waals surface area (Å²) in [6, 6.07) is 10.2. The van der Waals surface area contributed by atoms with Gasteiger partial charge in [-0.25, -0.2) is 12.4 Å². The fraction of sp³-hybridized carbons (Fsp3) is 0.278. The van der Waals surface area contributed by atoms with Gasteiger partial charge in [0.1, 0.15) is 16.2 Å². The van der Waals surface area contributed by atoms with Crippen LogP contribution < -0.4 is 15.0 Å². The third kappa shape index (κ3) is 2.71. The summed E-state index contributed by atoms with van der Waals surface area (Å²) in [5.41, 5.74) is 2.08. The largest absolute Gasteiger partial charge is 0.495 e. The molecule has 0 bridgehead atoms. The van der Waals surface area contributed by atoms with Gasteiger partial charge in [0.25, 0.3) is 10.0 Å². The van der Waals surface area contributed by atoms with Crippen molar-refractivity contribution in [3.63, 3.8) is 0 Å². The predicted octanol–water partition coefficient (Wildman–Crippen LogP) is 1.69. The maximum atomic E-state index is 13.3. The summed E-state index contributed by atoms with van der Waals surface area (Å²) >= 11 is 0. The summed E-state index contributed by atoms with van der Waals surface area (Å²) in [5, 5.41) is 3.31. The molecule has 0 radical (unpaired) electrons. The summed E-state index contributed by atoms with van der Waals surface area (Å²) in [4.78, 5) is 6.75. The summed E-state index contributed by atoms with van der Waals surface area (Å²) in [6.07, 6.45) is 3.36. The second kappa shape index (κ2) is 6.62. The van der Waals surface area contributed by atoms with Crippen molar-refractivity contribution in [2.24, 2.45) is 0 Å². The van der Waals surface area contributed by atoms with Crippen LogP contribution >= 0.6 is 0 Å². The Labute approximate surface area is 152 Å². The molecular formula is C18H20N4O3S. The molecule has 1 saturated heterocycles. The van der Waals surface area contributed by atoms with Gasteiger partial charge in [-0.15, -0.1) is 0 Å². The van der Waals surface area contributed by atoms with Gasteiger partial charge in [0.15, 0.2) is 0 Å². The average Bonchev–Trinajstić information content (AvgIpc) is 3.09. The van der Waals surface area contributed by atoms with Crippen LogP contribution in [-0.4, -0.2) is 50.7 Å². The van der Waals surface area contributed by atoms with Gasteiger partial charge >= 0.3 is 0 Å². The van der Waals surface area contributed by atoms with Crippen molar-refractivity contribution in [2.45, 2.75) is 4.90 Å². The molecule has 136 valence electrons. The Balaban J connectivity index is 1.91. The minimum absolute atomic E-state index is 0.134. The molecule has 0 atom stereocenters. The van der Waals surface area contributed by atoms with E-state index in [1.165, 1.54) is 11.1 Å². The van der Waals surface area contributed by atoms with Gasteiger partial charge in [0.2, 0.25) is 0 Å². The van der Waals surface area contributed by atoms with E-state index in [4.69, 9.17) is 4.74 Å². The predicted molar refractivity (Wildman–Crippen MR) is 100 cm³/mol. The number of aromatic nitrogens is 2. The van der Waals surface area contributed by atoms with E-state index in [0.29, 0.717) is 16.8 Å². The Morgan fingerprint density at radius 3 is 2.65 bits per heavy atom. The van der Waals surface area contributed by atoms with E-state index < -0.39 is 10.0 Å². The van der Waals surface area contributed by atoms with Gasteiger partial charge in [0.05, 0.1) is 18.3 Å². The van der Waals surface area contributed by atoms with Crippen LogP contribution in [0.1, 0.15) is 0 Å². The van der Waals surface area contributed by atoms with Crippen LogP contribution in [0.3, 0.4) is 0 Å². The number of hydrogen-bond acceptors (Lipinski definition) is 6. The molecule has 2 aromatic heterocycles. The molecule has 0 aliphatic carbocycles. The summed E-state index contributed by atoms with van der Waals surface area (Å²) in [5.74, 6) is 0.321. The highest BCUT2D eigenvalue weighted by atomic mass is 32.2. The topological polar surface area (TPSA) is 76.5 Å². The maximum Gasteiger partial charge on any atom is 0.271 e.